The molecule has 2 fully saturated rings. The Kier molecular flexibility index (Phi) is 5.96. The molecule has 1 aliphatic carbocycles. The van der Waals surface area contributed by atoms with Crippen molar-refractivity contribution in [2.75, 3.05) is 26.2 Å². The Morgan fingerprint density at radius 2 is 1.80 bits per heavy atom. The fraction of sp³-hybridized carbons (Fsp3) is 0.611. The zero-order valence-corrected chi connectivity index (χ0v) is 15.4. The van der Waals surface area contributed by atoms with Gasteiger partial charge in [0, 0.05) is 26.2 Å². The van der Waals surface area contributed by atoms with E-state index in [4.69, 9.17) is 5.73 Å². The predicted molar refractivity (Wildman–Crippen MR) is 99.8 cm³/mol. The van der Waals surface area contributed by atoms with Gasteiger partial charge in [0.05, 0.1) is 4.90 Å². The van der Waals surface area contributed by atoms with Crippen LogP contribution in [0.3, 0.4) is 0 Å². The van der Waals surface area contributed by atoms with E-state index in [0.717, 1.165) is 25.9 Å². The number of benzene rings is 1. The van der Waals surface area contributed by atoms with E-state index >= 15 is 0 Å². The molecule has 0 aromatic heterocycles. The highest BCUT2D eigenvalue weighted by atomic mass is 32.2. The maximum absolute atomic E-state index is 12.6. The van der Waals surface area contributed by atoms with E-state index in [1.165, 1.54) is 19.3 Å². The van der Waals surface area contributed by atoms with E-state index in [2.05, 4.69) is 10.3 Å². The molecule has 138 valence electrons. The second kappa shape index (κ2) is 8.19. The van der Waals surface area contributed by atoms with Gasteiger partial charge in [-0.05, 0) is 49.7 Å². The summed E-state index contributed by atoms with van der Waals surface area (Å²) in [6.45, 7) is 2.71. The van der Waals surface area contributed by atoms with Crippen LogP contribution < -0.4 is 11.1 Å². The van der Waals surface area contributed by atoms with Gasteiger partial charge < -0.3 is 11.1 Å². The summed E-state index contributed by atoms with van der Waals surface area (Å²) in [5.41, 5.74) is 5.92. The van der Waals surface area contributed by atoms with E-state index < -0.39 is 10.0 Å². The summed E-state index contributed by atoms with van der Waals surface area (Å²) in [5.74, 6) is 1.66. The molecule has 7 heteroatoms. The van der Waals surface area contributed by atoms with Crippen LogP contribution in [0.1, 0.15) is 32.1 Å². The fourth-order valence-electron chi connectivity index (χ4n) is 3.30. The summed E-state index contributed by atoms with van der Waals surface area (Å²) in [7, 11) is -3.37. The Labute approximate surface area is 150 Å². The van der Waals surface area contributed by atoms with Crippen LogP contribution in [0.2, 0.25) is 0 Å². The van der Waals surface area contributed by atoms with Gasteiger partial charge in [-0.25, -0.2) is 8.42 Å². The summed E-state index contributed by atoms with van der Waals surface area (Å²) < 4.78 is 26.8. The van der Waals surface area contributed by atoms with Gasteiger partial charge in [-0.15, -0.1) is 0 Å². The van der Waals surface area contributed by atoms with Crippen molar-refractivity contribution in [1.82, 2.24) is 9.62 Å². The van der Waals surface area contributed by atoms with Crippen molar-refractivity contribution < 1.29 is 8.42 Å². The molecular weight excluding hydrogens is 336 g/mol. The second-order valence-corrected chi connectivity index (χ2v) is 9.00. The van der Waals surface area contributed by atoms with Gasteiger partial charge in [0.2, 0.25) is 10.0 Å². The standard InChI is InChI=1S/C18H28N4O2S/c19-18(20-13-15-5-4-6-15)21-14-16-9-11-22(12-10-16)25(23,24)17-7-2-1-3-8-17/h1-3,7-8,15-16H,4-6,9-14H2,(H3,19,20,21). The number of nitrogens with zero attached hydrogens (tertiary/aromatic N) is 2. The second-order valence-electron chi connectivity index (χ2n) is 7.06. The van der Waals surface area contributed by atoms with E-state index in [1.54, 1.807) is 28.6 Å². The average Bonchev–Trinajstić information content (AvgIpc) is 2.60. The molecular formula is C18H28N4O2S. The van der Waals surface area contributed by atoms with Crippen LogP contribution >= 0.6 is 0 Å². The molecule has 0 unspecified atom stereocenters. The molecule has 0 spiro atoms. The topological polar surface area (TPSA) is 87.8 Å². The Morgan fingerprint density at radius 3 is 2.40 bits per heavy atom. The van der Waals surface area contributed by atoms with Crippen LogP contribution in [0.5, 0.6) is 0 Å². The molecule has 1 heterocycles. The number of hydrogen-bond acceptors (Lipinski definition) is 3. The van der Waals surface area contributed by atoms with E-state index in [-0.39, 0.29) is 0 Å². The van der Waals surface area contributed by atoms with Crippen LogP contribution in [0.25, 0.3) is 0 Å². The number of piperidine rings is 1. The summed E-state index contributed by atoms with van der Waals surface area (Å²) in [6.07, 6.45) is 5.54. The van der Waals surface area contributed by atoms with Gasteiger partial charge in [-0.2, -0.15) is 4.31 Å². The number of sulfonamides is 1. The molecule has 3 N–H and O–H groups in total. The Balaban J connectivity index is 1.44. The molecule has 6 nitrogen and oxygen atoms in total. The van der Waals surface area contributed by atoms with Gasteiger partial charge in [0.1, 0.15) is 0 Å². The Hall–Kier alpha value is -1.60. The SMILES string of the molecule is NC(=NCC1CCC1)NCC1CCN(S(=O)(=O)c2ccccc2)CC1. The number of guanidine groups is 1. The minimum absolute atomic E-state index is 0.374. The maximum atomic E-state index is 12.6. The quantitative estimate of drug-likeness (QED) is 0.595. The van der Waals surface area contributed by atoms with E-state index in [9.17, 15) is 8.42 Å². The molecule has 1 saturated heterocycles. The van der Waals surface area contributed by atoms with Crippen LogP contribution in [0, 0.1) is 11.8 Å². The summed E-state index contributed by atoms with van der Waals surface area (Å²) >= 11 is 0. The van der Waals surface area contributed by atoms with Crippen molar-refractivity contribution in [2.45, 2.75) is 37.0 Å². The molecule has 1 aromatic rings. The van der Waals surface area contributed by atoms with E-state index in [0.29, 0.717) is 35.8 Å². The average molecular weight is 365 g/mol. The van der Waals surface area contributed by atoms with Crippen molar-refractivity contribution in [3.8, 4) is 0 Å². The smallest absolute Gasteiger partial charge is 0.243 e. The van der Waals surface area contributed by atoms with Gasteiger partial charge in [-0.1, -0.05) is 24.6 Å². The number of hydrogen-bond donors (Lipinski definition) is 2. The lowest BCUT2D eigenvalue weighted by Crippen LogP contribution is -2.43. The lowest BCUT2D eigenvalue weighted by molar-refractivity contribution is 0.273. The summed E-state index contributed by atoms with van der Waals surface area (Å²) in [4.78, 5) is 4.78. The van der Waals surface area contributed by atoms with Gasteiger partial charge >= 0.3 is 0 Å². The molecule has 1 aromatic carbocycles. The normalized spacial score (nSPS) is 21.0. The largest absolute Gasteiger partial charge is 0.370 e. The van der Waals surface area contributed by atoms with Crippen LogP contribution in [-0.2, 0) is 10.0 Å². The molecule has 1 saturated carbocycles. The lowest BCUT2D eigenvalue weighted by atomic mass is 9.86. The third-order valence-corrected chi connectivity index (χ3v) is 7.18. The first kappa shape index (κ1) is 18.2. The highest BCUT2D eigenvalue weighted by Gasteiger charge is 2.29. The first-order valence-electron chi connectivity index (χ1n) is 9.14. The maximum Gasteiger partial charge on any atom is 0.243 e. The summed E-state index contributed by atoms with van der Waals surface area (Å²) in [5, 5.41) is 3.20. The highest BCUT2D eigenvalue weighted by Crippen LogP contribution is 2.26. The Morgan fingerprint density at radius 1 is 1.12 bits per heavy atom. The third kappa shape index (κ3) is 4.73. The third-order valence-electron chi connectivity index (χ3n) is 5.27. The zero-order valence-electron chi connectivity index (χ0n) is 14.6. The van der Waals surface area contributed by atoms with E-state index in [1.807, 2.05) is 6.07 Å². The van der Waals surface area contributed by atoms with Crippen molar-refractivity contribution in [3.05, 3.63) is 30.3 Å². The number of rotatable bonds is 6. The zero-order chi connectivity index (χ0) is 17.7. The Bertz CT molecular complexity index is 678. The first-order chi connectivity index (χ1) is 12.1. The lowest BCUT2D eigenvalue weighted by Gasteiger charge is -2.31. The van der Waals surface area contributed by atoms with Gasteiger partial charge in [0.15, 0.2) is 5.96 Å². The molecule has 25 heavy (non-hydrogen) atoms. The predicted octanol–water partition coefficient (Wildman–Crippen LogP) is 1.79. The number of nitrogens with two attached hydrogens (primary N) is 1. The van der Waals surface area contributed by atoms with Crippen molar-refractivity contribution in [3.63, 3.8) is 0 Å². The van der Waals surface area contributed by atoms with Crippen molar-refractivity contribution in [1.29, 1.82) is 0 Å². The van der Waals surface area contributed by atoms with Gasteiger partial charge in [-0.3, -0.25) is 4.99 Å². The molecule has 1 aliphatic heterocycles. The number of aliphatic imine (C=N–C) groups is 1. The van der Waals surface area contributed by atoms with Gasteiger partial charge in [0.25, 0.3) is 0 Å². The van der Waals surface area contributed by atoms with Crippen molar-refractivity contribution in [2.24, 2.45) is 22.6 Å². The minimum Gasteiger partial charge on any atom is -0.370 e. The molecule has 2 aliphatic rings. The fourth-order valence-corrected chi connectivity index (χ4v) is 4.79. The monoisotopic (exact) mass is 364 g/mol. The molecule has 0 amide bonds. The first-order valence-corrected chi connectivity index (χ1v) is 10.6. The van der Waals surface area contributed by atoms with Crippen molar-refractivity contribution >= 4 is 16.0 Å². The van der Waals surface area contributed by atoms with Crippen LogP contribution in [-0.4, -0.2) is 44.9 Å². The summed E-state index contributed by atoms with van der Waals surface area (Å²) in [6, 6.07) is 8.66. The molecule has 0 radical (unpaired) electrons. The molecule has 0 atom stereocenters. The number of nitrogens with one attached hydrogen (secondary N) is 1. The minimum atomic E-state index is -3.37. The molecule has 3 rings (SSSR count). The molecule has 0 bridgehead atoms. The highest BCUT2D eigenvalue weighted by molar-refractivity contribution is 7.89. The van der Waals surface area contributed by atoms with Crippen LogP contribution in [0.4, 0.5) is 0 Å². The van der Waals surface area contributed by atoms with Crippen LogP contribution in [0.15, 0.2) is 40.2 Å².